The Morgan fingerprint density at radius 2 is 1.03 bits per heavy atom. The van der Waals surface area contributed by atoms with Gasteiger partial charge in [-0.3, -0.25) is 9.59 Å². The lowest BCUT2D eigenvalue weighted by molar-refractivity contribution is 0.840. The monoisotopic (exact) mass is 452 g/mol. The third kappa shape index (κ3) is 3.35. The van der Waals surface area contributed by atoms with E-state index in [-0.39, 0.29) is 22.7 Å². The molecule has 174 valence electrons. The molecular formula is C30H32N2O2. The summed E-state index contributed by atoms with van der Waals surface area (Å²) in [7, 11) is 0. The summed E-state index contributed by atoms with van der Waals surface area (Å²) in [5.41, 5.74) is 7.61. The molecule has 0 amide bonds. The van der Waals surface area contributed by atoms with Crippen LogP contribution >= 0.6 is 0 Å². The molecule has 2 aromatic heterocycles. The van der Waals surface area contributed by atoms with Gasteiger partial charge < -0.3 is 9.97 Å². The molecule has 34 heavy (non-hydrogen) atoms. The van der Waals surface area contributed by atoms with E-state index >= 15 is 0 Å². The Morgan fingerprint density at radius 1 is 0.559 bits per heavy atom. The molecule has 0 atom stereocenters. The zero-order valence-corrected chi connectivity index (χ0v) is 21.0. The van der Waals surface area contributed by atoms with Crippen LogP contribution in [0.25, 0.3) is 43.6 Å². The predicted molar refractivity (Wildman–Crippen MR) is 145 cm³/mol. The fourth-order valence-electron chi connectivity index (χ4n) is 5.13. The molecule has 0 aliphatic rings. The number of aromatic nitrogens is 2. The highest BCUT2D eigenvalue weighted by atomic mass is 16.1. The van der Waals surface area contributed by atoms with Crippen molar-refractivity contribution in [2.24, 2.45) is 0 Å². The summed E-state index contributed by atoms with van der Waals surface area (Å²) < 4.78 is 0. The molecule has 2 heterocycles. The smallest absolute Gasteiger partial charge is 0.197 e. The van der Waals surface area contributed by atoms with Crippen molar-refractivity contribution in [2.45, 2.75) is 66.2 Å². The van der Waals surface area contributed by atoms with E-state index in [4.69, 9.17) is 0 Å². The maximum Gasteiger partial charge on any atom is 0.197 e. The van der Waals surface area contributed by atoms with Gasteiger partial charge in [0.25, 0.3) is 0 Å². The molecule has 5 aromatic rings. The van der Waals surface area contributed by atoms with Crippen molar-refractivity contribution in [1.29, 1.82) is 0 Å². The fraction of sp³-hybridized carbons (Fsp3) is 0.333. The summed E-state index contributed by atoms with van der Waals surface area (Å²) in [6.45, 7) is 14.9. The van der Waals surface area contributed by atoms with Gasteiger partial charge >= 0.3 is 0 Å². The molecule has 0 spiro atoms. The first-order valence-electron chi connectivity index (χ1n) is 12.2. The first kappa shape index (κ1) is 22.4. The van der Waals surface area contributed by atoms with Gasteiger partial charge in [-0.1, -0.05) is 53.7 Å². The summed E-state index contributed by atoms with van der Waals surface area (Å²) in [5.74, 6) is 0.862. The topological polar surface area (TPSA) is 65.7 Å². The van der Waals surface area contributed by atoms with E-state index in [1.165, 1.54) is 0 Å². The highest BCUT2D eigenvalue weighted by molar-refractivity contribution is 6.03. The maximum atomic E-state index is 13.7. The SMILES string of the molecule is Cc1cc(C(C)C)c2[nH]c3cc4c(=O)c5cc(C(C)C)cc(C(C)C)c5[nH]c4cc3c(=O)c2c1. The van der Waals surface area contributed by atoms with Crippen LogP contribution in [-0.2, 0) is 0 Å². The number of nitrogens with one attached hydrogen (secondary N) is 2. The summed E-state index contributed by atoms with van der Waals surface area (Å²) in [6, 6.07) is 12.0. The second-order valence-corrected chi connectivity index (χ2v) is 10.6. The lowest BCUT2D eigenvalue weighted by atomic mass is 9.91. The normalized spacial score (nSPS) is 12.4. The number of aryl methyl sites for hydroxylation is 1. The van der Waals surface area contributed by atoms with Gasteiger partial charge in [0.15, 0.2) is 10.9 Å². The van der Waals surface area contributed by atoms with Crippen molar-refractivity contribution in [2.75, 3.05) is 0 Å². The molecule has 4 heteroatoms. The molecule has 5 rings (SSSR count). The third-order valence-corrected chi connectivity index (χ3v) is 7.07. The quantitative estimate of drug-likeness (QED) is 0.281. The average Bonchev–Trinajstić information content (AvgIpc) is 2.78. The number of fused-ring (bicyclic) bond motifs is 4. The zero-order valence-electron chi connectivity index (χ0n) is 21.0. The largest absolute Gasteiger partial charge is 0.354 e. The van der Waals surface area contributed by atoms with Crippen molar-refractivity contribution >= 4 is 43.6 Å². The van der Waals surface area contributed by atoms with Crippen LogP contribution in [0.2, 0.25) is 0 Å². The highest BCUT2D eigenvalue weighted by Crippen LogP contribution is 2.31. The Hall–Kier alpha value is -3.40. The first-order valence-corrected chi connectivity index (χ1v) is 12.2. The van der Waals surface area contributed by atoms with Crippen LogP contribution in [0.5, 0.6) is 0 Å². The van der Waals surface area contributed by atoms with Crippen LogP contribution < -0.4 is 10.9 Å². The van der Waals surface area contributed by atoms with Crippen LogP contribution in [0.1, 0.15) is 81.5 Å². The van der Waals surface area contributed by atoms with E-state index in [1.54, 1.807) is 0 Å². The second kappa shape index (κ2) is 7.83. The standard InChI is InChI=1S/C30H32N2O2/c1-14(2)18-10-20(16(5)6)28-24(11-18)30(34)22-13-25-21(12-26(22)32-28)29(33)23-9-17(7)8-19(15(3)4)27(23)31-25/h8-16H,1-7H3,(H,31,33)(H,32,34). The van der Waals surface area contributed by atoms with E-state index in [1.807, 2.05) is 31.2 Å². The molecule has 0 saturated heterocycles. The van der Waals surface area contributed by atoms with Crippen molar-refractivity contribution in [3.8, 4) is 0 Å². The van der Waals surface area contributed by atoms with Gasteiger partial charge in [0.05, 0.1) is 22.1 Å². The lowest BCUT2D eigenvalue weighted by Gasteiger charge is -2.16. The number of hydrogen-bond acceptors (Lipinski definition) is 2. The molecule has 0 bridgehead atoms. The van der Waals surface area contributed by atoms with Crippen molar-refractivity contribution < 1.29 is 0 Å². The fourth-order valence-corrected chi connectivity index (χ4v) is 5.13. The van der Waals surface area contributed by atoms with E-state index < -0.39 is 0 Å². The molecule has 0 saturated carbocycles. The number of H-pyrrole nitrogens is 2. The molecule has 3 aromatic carbocycles. The van der Waals surface area contributed by atoms with E-state index in [9.17, 15) is 9.59 Å². The maximum absolute atomic E-state index is 13.7. The summed E-state index contributed by atoms with van der Waals surface area (Å²) >= 11 is 0. The molecule has 4 nitrogen and oxygen atoms in total. The van der Waals surface area contributed by atoms with Crippen LogP contribution in [-0.4, -0.2) is 9.97 Å². The van der Waals surface area contributed by atoms with Gasteiger partial charge in [0.2, 0.25) is 0 Å². The van der Waals surface area contributed by atoms with E-state index in [0.29, 0.717) is 38.5 Å². The minimum atomic E-state index is -0.00330. The molecular weight excluding hydrogens is 420 g/mol. The minimum Gasteiger partial charge on any atom is -0.354 e. The van der Waals surface area contributed by atoms with Gasteiger partial charge in [-0.2, -0.15) is 0 Å². The van der Waals surface area contributed by atoms with E-state index in [0.717, 1.165) is 33.3 Å². The van der Waals surface area contributed by atoms with Gasteiger partial charge in [0.1, 0.15) is 0 Å². The minimum absolute atomic E-state index is 0.00330. The molecule has 0 fully saturated rings. The number of pyridine rings is 2. The van der Waals surface area contributed by atoms with Crippen LogP contribution in [0, 0.1) is 6.92 Å². The molecule has 0 unspecified atom stereocenters. The Bertz CT molecular complexity index is 1730. The van der Waals surface area contributed by atoms with Gasteiger partial charge in [-0.25, -0.2) is 0 Å². The number of benzene rings is 3. The number of aromatic amines is 2. The number of rotatable bonds is 3. The Labute approximate surface area is 199 Å². The van der Waals surface area contributed by atoms with Crippen LogP contribution in [0.3, 0.4) is 0 Å². The second-order valence-electron chi connectivity index (χ2n) is 10.6. The predicted octanol–water partition coefficient (Wildman–Crippen LogP) is 7.35. The van der Waals surface area contributed by atoms with Crippen LogP contribution in [0.15, 0.2) is 46.0 Å². The molecule has 2 N–H and O–H groups in total. The number of hydrogen-bond donors (Lipinski definition) is 2. The highest BCUT2D eigenvalue weighted by Gasteiger charge is 2.17. The van der Waals surface area contributed by atoms with Crippen molar-refractivity contribution in [3.05, 3.63) is 79.1 Å². The lowest BCUT2D eigenvalue weighted by Crippen LogP contribution is -2.11. The summed E-state index contributed by atoms with van der Waals surface area (Å²) in [6.07, 6.45) is 0. The van der Waals surface area contributed by atoms with Crippen LogP contribution in [0.4, 0.5) is 0 Å². The Balaban J connectivity index is 1.95. The average molecular weight is 453 g/mol. The molecule has 0 aliphatic heterocycles. The van der Waals surface area contributed by atoms with Crippen molar-refractivity contribution in [3.63, 3.8) is 0 Å². The molecule has 0 aliphatic carbocycles. The molecule has 0 radical (unpaired) electrons. The van der Waals surface area contributed by atoms with Gasteiger partial charge in [-0.05, 0) is 71.2 Å². The third-order valence-electron chi connectivity index (χ3n) is 7.07. The Morgan fingerprint density at radius 3 is 1.50 bits per heavy atom. The van der Waals surface area contributed by atoms with Gasteiger partial charge in [0, 0.05) is 21.5 Å². The van der Waals surface area contributed by atoms with Gasteiger partial charge in [-0.15, -0.1) is 0 Å². The first-order chi connectivity index (χ1) is 16.1. The zero-order chi connectivity index (χ0) is 24.5. The van der Waals surface area contributed by atoms with E-state index in [2.05, 4.69) is 63.6 Å². The Kier molecular flexibility index (Phi) is 5.16. The summed E-state index contributed by atoms with van der Waals surface area (Å²) in [4.78, 5) is 34.4. The van der Waals surface area contributed by atoms with Crippen molar-refractivity contribution in [1.82, 2.24) is 9.97 Å². The summed E-state index contributed by atoms with van der Waals surface area (Å²) in [5, 5.41) is 2.61.